The van der Waals surface area contributed by atoms with E-state index < -0.39 is 11.8 Å². The monoisotopic (exact) mass is 189 g/mol. The molecule has 4 nitrogen and oxygen atoms in total. The molecular weight excluding hydrogens is 186 g/mol. The number of amides is 2. The number of primary amides is 2. The molecule has 0 aromatic heterocycles. The number of rotatable bonds is 0. The Hall–Kier alpha value is -0.681. The maximum Gasteiger partial charge on any atom is 2.00 e. The molecule has 0 rings (SSSR count). The zero-order valence-electron chi connectivity index (χ0n) is 4.03. The van der Waals surface area contributed by atoms with Gasteiger partial charge < -0.3 is 20.9 Å². The van der Waals surface area contributed by atoms with Crippen molar-refractivity contribution in [3.05, 3.63) is 0 Å². The Morgan fingerprint density at radius 1 is 0.889 bits per heavy atom. The van der Waals surface area contributed by atoms with Gasteiger partial charge in [-0.2, -0.15) is 0 Å². The van der Waals surface area contributed by atoms with Crippen LogP contribution in [0.2, 0.25) is 0 Å². The van der Waals surface area contributed by atoms with E-state index in [1.54, 1.807) is 0 Å². The summed E-state index contributed by atoms with van der Waals surface area (Å²) < 4.78 is 0. The van der Waals surface area contributed by atoms with Crippen LogP contribution in [0.15, 0.2) is 0 Å². The molecule has 4 N–H and O–H groups in total. The van der Waals surface area contributed by atoms with E-state index in [1.807, 2.05) is 0 Å². The molecule has 1 radical (unpaired) electrons. The summed E-state index contributed by atoms with van der Waals surface area (Å²) in [6, 6.07) is 0. The summed E-state index contributed by atoms with van der Waals surface area (Å²) >= 11 is 0. The van der Waals surface area contributed by atoms with E-state index in [2.05, 4.69) is 11.5 Å². The molecule has 0 aliphatic carbocycles. The zero-order valence-corrected chi connectivity index (χ0v) is 4.97. The molecule has 0 fully saturated rings. The van der Waals surface area contributed by atoms with Crippen LogP contribution >= 0.6 is 0 Å². The summed E-state index contributed by atoms with van der Waals surface area (Å²) in [4.78, 5) is 18.9. The van der Waals surface area contributed by atoms with Gasteiger partial charge in [0.1, 0.15) is 0 Å². The van der Waals surface area contributed by atoms with Gasteiger partial charge in [-0.1, -0.05) is 0 Å². The van der Waals surface area contributed by atoms with E-state index in [4.69, 9.17) is 0 Å². The largest absolute Gasteiger partial charge is 2.00 e. The first kappa shape index (κ1) is 23.9. The normalized spacial score (nSPS) is 4.89. The average molecular weight is 190 g/mol. The second kappa shape index (κ2) is 10.3. The first-order chi connectivity index (χ1) is 2.64. The van der Waals surface area contributed by atoms with Gasteiger partial charge in [0.2, 0.25) is 0 Å². The van der Waals surface area contributed by atoms with Crippen LogP contribution in [0.25, 0.3) is 0 Å². The van der Waals surface area contributed by atoms with E-state index in [-0.39, 0.29) is 26.5 Å². The van der Waals surface area contributed by atoms with Crippen LogP contribution in [0.1, 0.15) is 0 Å². The standard InChI is InChI=1S/C2H4N2O2.Cu.2FH/c3-1(5)2(4)6;;;/h(H2,3,5)(H2,4,6);;2*1H/q;+2;;/p-2. The van der Waals surface area contributed by atoms with Crippen molar-refractivity contribution in [2.75, 3.05) is 0 Å². The molecule has 9 heavy (non-hydrogen) atoms. The first-order valence-corrected chi connectivity index (χ1v) is 1.24. The Labute approximate surface area is 60.2 Å². The van der Waals surface area contributed by atoms with Crippen LogP contribution in [0.5, 0.6) is 0 Å². The van der Waals surface area contributed by atoms with Crippen molar-refractivity contribution >= 4 is 11.8 Å². The van der Waals surface area contributed by atoms with Gasteiger partial charge in [-0.05, 0) is 0 Å². The van der Waals surface area contributed by atoms with Gasteiger partial charge in [0.25, 0.3) is 0 Å². The van der Waals surface area contributed by atoms with Crippen LogP contribution in [0.3, 0.4) is 0 Å². The van der Waals surface area contributed by atoms with Gasteiger partial charge in [-0.15, -0.1) is 0 Å². The molecule has 0 heterocycles. The molecule has 0 aliphatic rings. The number of carbonyl (C=O) groups is 2. The van der Waals surface area contributed by atoms with Gasteiger partial charge in [-0.25, -0.2) is 0 Å². The fourth-order valence-corrected chi connectivity index (χ4v) is 0. The van der Waals surface area contributed by atoms with Crippen LogP contribution in [0, 0.1) is 0 Å². The van der Waals surface area contributed by atoms with E-state index in [0.29, 0.717) is 0 Å². The Morgan fingerprint density at radius 3 is 1.00 bits per heavy atom. The second-order valence-corrected chi connectivity index (χ2v) is 0.729. The van der Waals surface area contributed by atoms with Crippen LogP contribution in [-0.4, -0.2) is 11.8 Å². The molecule has 0 unspecified atom stereocenters. The zero-order chi connectivity index (χ0) is 5.15. The Morgan fingerprint density at radius 2 is 1.00 bits per heavy atom. The van der Waals surface area contributed by atoms with Crippen LogP contribution in [0.4, 0.5) is 0 Å². The van der Waals surface area contributed by atoms with Gasteiger partial charge in [0, 0.05) is 0 Å². The van der Waals surface area contributed by atoms with E-state index >= 15 is 0 Å². The fourth-order valence-electron chi connectivity index (χ4n) is 0. The molecule has 2 amide bonds. The van der Waals surface area contributed by atoms with E-state index in [1.165, 1.54) is 0 Å². The average Bonchev–Trinajstić information content (AvgIpc) is 1.36. The van der Waals surface area contributed by atoms with Gasteiger partial charge in [0.05, 0.1) is 0 Å². The number of hydrogen-bond acceptors (Lipinski definition) is 2. The number of hydrogen-bond donors (Lipinski definition) is 2. The molecular formula is C2H4CuF2N2O2. The van der Waals surface area contributed by atoms with Crippen LogP contribution in [-0.2, 0) is 26.7 Å². The minimum atomic E-state index is -1.10. The first-order valence-electron chi connectivity index (χ1n) is 1.24. The molecule has 0 bridgehead atoms. The summed E-state index contributed by atoms with van der Waals surface area (Å²) in [5.41, 5.74) is 8.64. The van der Waals surface area contributed by atoms with Crippen molar-refractivity contribution in [1.82, 2.24) is 0 Å². The maximum atomic E-state index is 9.45. The minimum Gasteiger partial charge on any atom is -1.00 e. The SMILES string of the molecule is NC(=O)C(N)=O.[Cu+2].[F-].[F-]. The van der Waals surface area contributed by atoms with Gasteiger partial charge >= 0.3 is 28.9 Å². The molecule has 0 saturated heterocycles. The predicted molar refractivity (Wildman–Crippen MR) is 18.4 cm³/mol. The third-order valence-electron chi connectivity index (χ3n) is 0.243. The van der Waals surface area contributed by atoms with Crippen molar-refractivity contribution in [2.45, 2.75) is 0 Å². The smallest absolute Gasteiger partial charge is 1.00 e. The van der Waals surface area contributed by atoms with Crippen molar-refractivity contribution in [1.29, 1.82) is 0 Å². The number of nitrogens with two attached hydrogens (primary N) is 2. The van der Waals surface area contributed by atoms with Crippen molar-refractivity contribution < 1.29 is 36.1 Å². The molecule has 0 aliphatic heterocycles. The molecule has 0 spiro atoms. The minimum absolute atomic E-state index is 0. The summed E-state index contributed by atoms with van der Waals surface area (Å²) in [6.45, 7) is 0. The van der Waals surface area contributed by atoms with Gasteiger partial charge in [-0.3, -0.25) is 9.59 Å². The molecule has 7 heteroatoms. The summed E-state index contributed by atoms with van der Waals surface area (Å²) in [5.74, 6) is -2.20. The molecule has 0 aromatic carbocycles. The second-order valence-electron chi connectivity index (χ2n) is 0.729. The van der Waals surface area contributed by atoms with E-state index in [0.717, 1.165) is 0 Å². The molecule has 0 atom stereocenters. The maximum absolute atomic E-state index is 9.45. The summed E-state index contributed by atoms with van der Waals surface area (Å²) in [7, 11) is 0. The quantitative estimate of drug-likeness (QED) is 0.293. The summed E-state index contributed by atoms with van der Waals surface area (Å²) in [5, 5.41) is 0. The Balaban J connectivity index is -0.0000000417. The van der Waals surface area contributed by atoms with E-state index in [9.17, 15) is 9.59 Å². The van der Waals surface area contributed by atoms with Crippen LogP contribution < -0.4 is 20.9 Å². The summed E-state index contributed by atoms with van der Waals surface area (Å²) in [6.07, 6.45) is 0. The number of carbonyl (C=O) groups excluding carboxylic acids is 2. The molecule has 0 saturated carbocycles. The van der Waals surface area contributed by atoms with Crippen molar-refractivity contribution in [2.24, 2.45) is 11.5 Å². The molecule has 0 aromatic rings. The topological polar surface area (TPSA) is 86.2 Å². The third kappa shape index (κ3) is 18.8. The van der Waals surface area contributed by atoms with Crippen molar-refractivity contribution in [3.63, 3.8) is 0 Å². The fraction of sp³-hybridized carbons (Fsp3) is 0. The van der Waals surface area contributed by atoms with Gasteiger partial charge in [0.15, 0.2) is 0 Å². The van der Waals surface area contributed by atoms with Crippen molar-refractivity contribution in [3.8, 4) is 0 Å². The Kier molecular flexibility index (Phi) is 27.4. The third-order valence-corrected chi connectivity index (χ3v) is 0.243. The molecule has 59 valence electrons. The Bertz CT molecular complexity index is 86.6. The predicted octanol–water partition coefficient (Wildman–Crippen LogP) is -8.04. The number of halogens is 2.